The van der Waals surface area contributed by atoms with Crippen molar-refractivity contribution >= 4 is 15.6 Å². The van der Waals surface area contributed by atoms with Gasteiger partial charge in [-0.05, 0) is 38.3 Å². The minimum atomic E-state index is -3.80. The summed E-state index contributed by atoms with van der Waals surface area (Å²) >= 11 is 0. The summed E-state index contributed by atoms with van der Waals surface area (Å²) in [6, 6.07) is 8.12. The van der Waals surface area contributed by atoms with Gasteiger partial charge < -0.3 is 9.47 Å². The smallest absolute Gasteiger partial charge is 0.188 e. The molecule has 1 unspecified atom stereocenters. The van der Waals surface area contributed by atoms with Gasteiger partial charge in [0.2, 0.25) is 0 Å². The number of allylic oxidation sites excluding steroid dienone is 1. The second-order valence-electron chi connectivity index (χ2n) is 7.33. The minimum absolute atomic E-state index is 0.0469. The SMILES string of the molecule is C=CC[C@@H](C)CC(=O)C(C[C@@H]1COC(C)(C)O1)S(=O)(=O)c1ccccc1. The first kappa shape index (κ1) is 20.8. The molecule has 5 nitrogen and oxygen atoms in total. The zero-order valence-electron chi connectivity index (χ0n) is 15.7. The van der Waals surface area contributed by atoms with E-state index < -0.39 is 27.0 Å². The number of carbonyl (C=O) groups excluding carboxylic acids is 1. The van der Waals surface area contributed by atoms with E-state index in [1.54, 1.807) is 38.1 Å². The highest BCUT2D eigenvalue weighted by Gasteiger charge is 2.40. The van der Waals surface area contributed by atoms with Crippen LogP contribution in [0, 0.1) is 5.92 Å². The molecule has 3 atom stereocenters. The number of benzene rings is 1. The van der Waals surface area contributed by atoms with Gasteiger partial charge in [0, 0.05) is 12.8 Å². The van der Waals surface area contributed by atoms with Crippen LogP contribution < -0.4 is 0 Å². The molecule has 1 heterocycles. The maximum absolute atomic E-state index is 13.1. The van der Waals surface area contributed by atoms with E-state index >= 15 is 0 Å². The summed E-state index contributed by atoms with van der Waals surface area (Å²) in [5.41, 5.74) is 0. The van der Waals surface area contributed by atoms with Gasteiger partial charge in [-0.3, -0.25) is 4.79 Å². The molecule has 0 saturated carbocycles. The second kappa shape index (κ2) is 8.46. The summed E-state index contributed by atoms with van der Waals surface area (Å²) in [6.07, 6.45) is 2.28. The number of ether oxygens (including phenoxy) is 2. The van der Waals surface area contributed by atoms with Gasteiger partial charge >= 0.3 is 0 Å². The summed E-state index contributed by atoms with van der Waals surface area (Å²) in [6.45, 7) is 9.44. The van der Waals surface area contributed by atoms with Crippen molar-refractivity contribution in [1.82, 2.24) is 0 Å². The lowest BCUT2D eigenvalue weighted by Crippen LogP contribution is -2.36. The number of hydrogen-bond acceptors (Lipinski definition) is 5. The zero-order valence-corrected chi connectivity index (χ0v) is 16.5. The Morgan fingerprint density at radius 3 is 2.54 bits per heavy atom. The number of hydrogen-bond donors (Lipinski definition) is 0. The molecule has 0 radical (unpaired) electrons. The Balaban J connectivity index is 2.26. The summed E-state index contributed by atoms with van der Waals surface area (Å²) < 4.78 is 37.5. The Hall–Kier alpha value is -1.50. The van der Waals surface area contributed by atoms with E-state index in [0.717, 1.165) is 0 Å². The molecule has 0 bridgehead atoms. The Labute approximate surface area is 156 Å². The molecular weight excluding hydrogens is 352 g/mol. The molecule has 1 saturated heterocycles. The molecule has 0 amide bonds. The van der Waals surface area contributed by atoms with E-state index in [9.17, 15) is 13.2 Å². The first-order chi connectivity index (χ1) is 12.2. The first-order valence-corrected chi connectivity index (χ1v) is 10.4. The van der Waals surface area contributed by atoms with E-state index in [1.165, 1.54) is 12.1 Å². The van der Waals surface area contributed by atoms with Crippen LogP contribution in [-0.2, 0) is 24.1 Å². The van der Waals surface area contributed by atoms with Crippen molar-refractivity contribution in [3.05, 3.63) is 43.0 Å². The molecule has 26 heavy (non-hydrogen) atoms. The monoisotopic (exact) mass is 380 g/mol. The van der Waals surface area contributed by atoms with Crippen molar-refractivity contribution < 1.29 is 22.7 Å². The largest absolute Gasteiger partial charge is 0.348 e. The number of rotatable bonds is 9. The van der Waals surface area contributed by atoms with Gasteiger partial charge in [0.05, 0.1) is 17.6 Å². The van der Waals surface area contributed by atoms with Crippen molar-refractivity contribution in [2.24, 2.45) is 5.92 Å². The second-order valence-corrected chi connectivity index (χ2v) is 9.46. The van der Waals surface area contributed by atoms with Crippen molar-refractivity contribution in [2.75, 3.05) is 6.61 Å². The highest BCUT2D eigenvalue weighted by atomic mass is 32.2. The molecule has 0 aliphatic carbocycles. The van der Waals surface area contributed by atoms with Crippen LogP contribution in [0.3, 0.4) is 0 Å². The third-order valence-electron chi connectivity index (χ3n) is 4.47. The van der Waals surface area contributed by atoms with E-state index in [0.29, 0.717) is 6.42 Å². The molecule has 6 heteroatoms. The lowest BCUT2D eigenvalue weighted by molar-refractivity contribution is -0.140. The van der Waals surface area contributed by atoms with Gasteiger partial charge in [-0.2, -0.15) is 0 Å². The molecule has 1 aliphatic rings. The van der Waals surface area contributed by atoms with Crippen LogP contribution >= 0.6 is 0 Å². The Bertz CT molecular complexity index is 724. The maximum Gasteiger partial charge on any atom is 0.188 e. The van der Waals surface area contributed by atoms with Gasteiger partial charge in [0.1, 0.15) is 5.25 Å². The average molecular weight is 381 g/mol. The van der Waals surface area contributed by atoms with Gasteiger partial charge in [-0.25, -0.2) is 8.42 Å². The highest BCUT2D eigenvalue weighted by molar-refractivity contribution is 7.92. The fraction of sp³-hybridized carbons (Fsp3) is 0.550. The Morgan fingerprint density at radius 1 is 1.35 bits per heavy atom. The summed E-state index contributed by atoms with van der Waals surface area (Å²) in [4.78, 5) is 13.0. The molecular formula is C20H28O5S. The number of Topliss-reactive ketones (excluding diaryl/α,β-unsaturated/α-hetero) is 1. The topological polar surface area (TPSA) is 69.7 Å². The van der Waals surface area contributed by atoms with E-state index in [-0.39, 0.29) is 36.0 Å². The van der Waals surface area contributed by atoms with E-state index in [4.69, 9.17) is 9.47 Å². The van der Waals surface area contributed by atoms with Gasteiger partial charge in [0.15, 0.2) is 21.4 Å². The predicted molar refractivity (Wildman–Crippen MR) is 101 cm³/mol. The van der Waals surface area contributed by atoms with Gasteiger partial charge in [0.25, 0.3) is 0 Å². The predicted octanol–water partition coefficient (Wildman–Crippen LogP) is 3.54. The number of carbonyl (C=O) groups is 1. The molecule has 1 fully saturated rings. The summed E-state index contributed by atoms with van der Waals surface area (Å²) in [7, 11) is -3.80. The van der Waals surface area contributed by atoms with Crippen molar-refractivity contribution in [1.29, 1.82) is 0 Å². The molecule has 1 aromatic rings. The van der Waals surface area contributed by atoms with Crippen molar-refractivity contribution in [3.63, 3.8) is 0 Å². The summed E-state index contributed by atoms with van der Waals surface area (Å²) in [5.74, 6) is -0.993. The molecule has 1 aliphatic heterocycles. The quantitative estimate of drug-likeness (QED) is 0.613. The molecule has 0 aromatic heterocycles. The maximum atomic E-state index is 13.1. The van der Waals surface area contributed by atoms with Crippen molar-refractivity contribution in [3.8, 4) is 0 Å². The van der Waals surface area contributed by atoms with E-state index in [1.807, 2.05) is 6.92 Å². The highest BCUT2D eigenvalue weighted by Crippen LogP contribution is 2.29. The minimum Gasteiger partial charge on any atom is -0.348 e. The lowest BCUT2D eigenvalue weighted by atomic mass is 9.98. The van der Waals surface area contributed by atoms with Crippen LogP contribution in [0.25, 0.3) is 0 Å². The standard InChI is InChI=1S/C20H28O5S/c1-5-9-15(2)12-18(21)19(13-16-14-24-20(3,4)25-16)26(22,23)17-10-7-6-8-11-17/h5-8,10-11,15-16,19H,1,9,12-14H2,2-4H3/t15-,16-,19?/m1/s1. The molecule has 0 spiro atoms. The molecule has 144 valence electrons. The Kier molecular flexibility index (Phi) is 6.77. The third-order valence-corrected chi connectivity index (χ3v) is 6.60. The lowest BCUT2D eigenvalue weighted by Gasteiger charge is -2.22. The van der Waals surface area contributed by atoms with Crippen molar-refractivity contribution in [2.45, 2.75) is 62.1 Å². The van der Waals surface area contributed by atoms with Crippen LogP contribution in [0.15, 0.2) is 47.9 Å². The third kappa shape index (κ3) is 5.25. The van der Waals surface area contributed by atoms with Crippen LogP contribution in [0.2, 0.25) is 0 Å². The molecule has 2 rings (SSSR count). The fourth-order valence-corrected chi connectivity index (χ4v) is 4.94. The molecule has 0 N–H and O–H groups in total. The van der Waals surface area contributed by atoms with Crippen LogP contribution in [-0.4, -0.2) is 37.9 Å². The fourth-order valence-electron chi connectivity index (χ4n) is 3.17. The Morgan fingerprint density at radius 2 is 2.00 bits per heavy atom. The first-order valence-electron chi connectivity index (χ1n) is 8.90. The molecule has 1 aromatic carbocycles. The van der Waals surface area contributed by atoms with E-state index in [2.05, 4.69) is 6.58 Å². The van der Waals surface area contributed by atoms with Crippen LogP contribution in [0.4, 0.5) is 0 Å². The van der Waals surface area contributed by atoms with Crippen LogP contribution in [0.5, 0.6) is 0 Å². The van der Waals surface area contributed by atoms with Crippen LogP contribution in [0.1, 0.15) is 40.0 Å². The van der Waals surface area contributed by atoms with Gasteiger partial charge in [-0.1, -0.05) is 31.2 Å². The number of ketones is 1. The van der Waals surface area contributed by atoms with Gasteiger partial charge in [-0.15, -0.1) is 6.58 Å². The normalized spacial score (nSPS) is 21.9. The summed E-state index contributed by atoms with van der Waals surface area (Å²) in [5, 5.41) is -1.14. The number of sulfone groups is 1. The zero-order chi connectivity index (χ0) is 19.4. The average Bonchev–Trinajstić information content (AvgIpc) is 2.92.